The zero-order chi connectivity index (χ0) is 21.4. The minimum atomic E-state index is -4.04. The molecule has 0 saturated carbocycles. The molecule has 3 N–H and O–H groups in total. The molecular formula is C19H21N5O4S. The van der Waals surface area contributed by atoms with Crippen molar-refractivity contribution in [3.8, 4) is 0 Å². The van der Waals surface area contributed by atoms with Crippen LogP contribution < -0.4 is 15.5 Å². The van der Waals surface area contributed by atoms with Gasteiger partial charge in [-0.1, -0.05) is 32.0 Å². The summed E-state index contributed by atoms with van der Waals surface area (Å²) in [6.45, 7) is 4.22. The molecule has 1 aliphatic rings. The van der Waals surface area contributed by atoms with Gasteiger partial charge in [0.05, 0.1) is 9.82 Å². The van der Waals surface area contributed by atoms with Gasteiger partial charge < -0.3 is 4.90 Å². The molecule has 0 unspecified atom stereocenters. The maximum Gasteiger partial charge on any atom is 0.295 e. The first-order chi connectivity index (χ1) is 13.5. The Bertz CT molecular complexity index is 1140. The Kier molecular flexibility index (Phi) is 5.16. The first-order valence-corrected chi connectivity index (χ1v) is 10.2. The predicted octanol–water partition coefficient (Wildman–Crippen LogP) is 2.95. The summed E-state index contributed by atoms with van der Waals surface area (Å²) >= 11 is 0. The van der Waals surface area contributed by atoms with Crippen LogP contribution in [0.4, 0.5) is 17.1 Å². The number of nitrogens with two attached hydrogens (primary N) is 1. The van der Waals surface area contributed by atoms with Crippen LogP contribution in [-0.4, -0.2) is 26.6 Å². The fourth-order valence-corrected chi connectivity index (χ4v) is 3.98. The molecule has 29 heavy (non-hydrogen) atoms. The smallest absolute Gasteiger partial charge is 0.295 e. The largest absolute Gasteiger partial charge is 0.347 e. The number of primary sulfonamides is 1. The standard InChI is InChI=1S/C19H21N5O4S/c1-19(2)14-6-4-5-7-16(14)23(3)18(19)10-11-21-22-15-9-8-13(29(20,27)28)12-17(15)24(25)26/h4-12,22H,1-3H3,(H2,20,27,28)/b18-10-,21-11+. The fraction of sp³-hybridized carbons (Fsp3) is 0.211. The van der Waals surface area contributed by atoms with E-state index >= 15 is 0 Å². The van der Waals surface area contributed by atoms with Gasteiger partial charge in [0.2, 0.25) is 10.0 Å². The molecule has 0 saturated heterocycles. The van der Waals surface area contributed by atoms with E-state index < -0.39 is 20.6 Å². The van der Waals surface area contributed by atoms with Gasteiger partial charge >= 0.3 is 0 Å². The van der Waals surface area contributed by atoms with Crippen molar-refractivity contribution in [3.63, 3.8) is 0 Å². The van der Waals surface area contributed by atoms with Crippen LogP contribution in [-0.2, 0) is 15.4 Å². The van der Waals surface area contributed by atoms with Gasteiger partial charge in [0.25, 0.3) is 5.69 Å². The highest BCUT2D eigenvalue weighted by molar-refractivity contribution is 7.89. The molecular weight excluding hydrogens is 394 g/mol. The highest BCUT2D eigenvalue weighted by Crippen LogP contribution is 2.46. The van der Waals surface area contributed by atoms with Gasteiger partial charge in [-0.25, -0.2) is 13.6 Å². The highest BCUT2D eigenvalue weighted by Gasteiger charge is 2.37. The van der Waals surface area contributed by atoms with Crippen LogP contribution in [0, 0.1) is 10.1 Å². The number of anilines is 2. The summed E-state index contributed by atoms with van der Waals surface area (Å²) in [6, 6.07) is 11.4. The van der Waals surface area contributed by atoms with E-state index in [1.165, 1.54) is 23.9 Å². The molecule has 0 aliphatic carbocycles. The number of allylic oxidation sites excluding steroid dienone is 2. The topological polar surface area (TPSA) is 131 Å². The Hall–Kier alpha value is -3.24. The average molecular weight is 415 g/mol. The van der Waals surface area contributed by atoms with Gasteiger partial charge in [0, 0.05) is 36.1 Å². The van der Waals surface area contributed by atoms with Crippen molar-refractivity contribution in [1.82, 2.24) is 0 Å². The first-order valence-electron chi connectivity index (χ1n) is 8.68. The molecule has 0 radical (unpaired) electrons. The van der Waals surface area contributed by atoms with Gasteiger partial charge in [-0.2, -0.15) is 5.10 Å². The number of fused-ring (bicyclic) bond motifs is 1. The highest BCUT2D eigenvalue weighted by atomic mass is 32.2. The van der Waals surface area contributed by atoms with Crippen LogP contribution in [0.1, 0.15) is 19.4 Å². The van der Waals surface area contributed by atoms with Crippen molar-refractivity contribution in [2.24, 2.45) is 10.2 Å². The monoisotopic (exact) mass is 415 g/mol. The molecule has 9 nitrogen and oxygen atoms in total. The summed E-state index contributed by atoms with van der Waals surface area (Å²) in [5.74, 6) is 0. The molecule has 1 heterocycles. The summed E-state index contributed by atoms with van der Waals surface area (Å²) in [6.07, 6.45) is 3.34. The van der Waals surface area contributed by atoms with E-state index in [2.05, 4.69) is 35.3 Å². The zero-order valence-electron chi connectivity index (χ0n) is 16.2. The molecule has 0 atom stereocenters. The number of likely N-dealkylation sites (N-methyl/N-ethyl adjacent to an activating group) is 1. The third-order valence-electron chi connectivity index (χ3n) is 4.93. The van der Waals surface area contributed by atoms with E-state index in [1.54, 1.807) is 0 Å². The summed E-state index contributed by atoms with van der Waals surface area (Å²) in [5, 5.41) is 20.3. The number of benzene rings is 2. The number of hydrazone groups is 1. The molecule has 2 aromatic rings. The number of hydrogen-bond donors (Lipinski definition) is 2. The number of hydrogen-bond acceptors (Lipinski definition) is 7. The quantitative estimate of drug-likeness (QED) is 0.438. The second kappa shape index (κ2) is 7.30. The van der Waals surface area contributed by atoms with Crippen LogP contribution in [0.3, 0.4) is 0 Å². The second-order valence-electron chi connectivity index (χ2n) is 7.12. The summed E-state index contributed by atoms with van der Waals surface area (Å²) < 4.78 is 22.8. The number of nitro groups is 1. The van der Waals surface area contributed by atoms with Crippen molar-refractivity contribution in [2.45, 2.75) is 24.2 Å². The molecule has 0 amide bonds. The summed E-state index contributed by atoms with van der Waals surface area (Å²) in [4.78, 5) is 12.3. The number of sulfonamides is 1. The van der Waals surface area contributed by atoms with Crippen molar-refractivity contribution in [1.29, 1.82) is 0 Å². The predicted molar refractivity (Wildman–Crippen MR) is 113 cm³/mol. The minimum absolute atomic E-state index is 0.0550. The van der Waals surface area contributed by atoms with Gasteiger partial charge in [-0.05, 0) is 29.8 Å². The lowest BCUT2D eigenvalue weighted by Gasteiger charge is -2.23. The first kappa shape index (κ1) is 20.5. The maximum atomic E-state index is 11.4. The number of rotatable bonds is 5. The number of para-hydroxylation sites is 1. The Morgan fingerprint density at radius 3 is 2.55 bits per heavy atom. The molecule has 0 fully saturated rings. The van der Waals surface area contributed by atoms with E-state index in [4.69, 9.17) is 5.14 Å². The van der Waals surface area contributed by atoms with Crippen molar-refractivity contribution in [3.05, 3.63) is 69.9 Å². The van der Waals surface area contributed by atoms with Crippen molar-refractivity contribution < 1.29 is 13.3 Å². The molecule has 0 bridgehead atoms. The van der Waals surface area contributed by atoms with Crippen molar-refractivity contribution in [2.75, 3.05) is 17.4 Å². The molecule has 10 heteroatoms. The number of nitro benzene ring substituents is 1. The third-order valence-corrected chi connectivity index (χ3v) is 5.84. The van der Waals surface area contributed by atoms with Crippen LogP contribution in [0.15, 0.2) is 64.2 Å². The Balaban J connectivity index is 1.85. The lowest BCUT2D eigenvalue weighted by Crippen LogP contribution is -2.23. The lowest BCUT2D eigenvalue weighted by atomic mass is 9.84. The number of nitrogens with one attached hydrogen (secondary N) is 1. The Morgan fingerprint density at radius 2 is 1.93 bits per heavy atom. The lowest BCUT2D eigenvalue weighted by molar-refractivity contribution is -0.384. The maximum absolute atomic E-state index is 11.4. The summed E-state index contributed by atoms with van der Waals surface area (Å²) in [7, 11) is -2.07. The van der Waals surface area contributed by atoms with Crippen molar-refractivity contribution >= 4 is 33.3 Å². The second-order valence-corrected chi connectivity index (χ2v) is 8.69. The van der Waals surface area contributed by atoms with E-state index in [9.17, 15) is 18.5 Å². The molecule has 0 spiro atoms. The van der Waals surface area contributed by atoms with E-state index in [1.807, 2.05) is 31.3 Å². The van der Waals surface area contributed by atoms with E-state index in [-0.39, 0.29) is 16.0 Å². The van der Waals surface area contributed by atoms with Crippen LogP contribution in [0.5, 0.6) is 0 Å². The van der Waals surface area contributed by atoms with Crippen LogP contribution >= 0.6 is 0 Å². The van der Waals surface area contributed by atoms with Crippen LogP contribution in [0.2, 0.25) is 0 Å². The normalized spacial score (nSPS) is 17.0. The fourth-order valence-electron chi connectivity index (χ4n) is 3.45. The average Bonchev–Trinajstić information content (AvgIpc) is 2.84. The molecule has 1 aliphatic heterocycles. The molecule has 152 valence electrons. The minimum Gasteiger partial charge on any atom is -0.347 e. The Labute approximate surface area is 168 Å². The molecule has 2 aromatic carbocycles. The van der Waals surface area contributed by atoms with E-state index in [0.29, 0.717) is 0 Å². The zero-order valence-corrected chi connectivity index (χ0v) is 17.0. The van der Waals surface area contributed by atoms with Gasteiger partial charge in [0.15, 0.2) is 0 Å². The summed E-state index contributed by atoms with van der Waals surface area (Å²) in [5.41, 5.74) is 5.31. The molecule has 3 rings (SSSR count). The van der Waals surface area contributed by atoms with E-state index in [0.717, 1.165) is 17.5 Å². The molecule has 0 aromatic heterocycles. The number of nitrogens with zero attached hydrogens (tertiary/aromatic N) is 3. The van der Waals surface area contributed by atoms with Crippen LogP contribution in [0.25, 0.3) is 0 Å². The van der Waals surface area contributed by atoms with Gasteiger partial charge in [0.1, 0.15) is 5.69 Å². The Morgan fingerprint density at radius 1 is 1.24 bits per heavy atom. The van der Waals surface area contributed by atoms with Gasteiger partial charge in [-0.15, -0.1) is 0 Å². The van der Waals surface area contributed by atoms with Gasteiger partial charge in [-0.3, -0.25) is 15.5 Å². The SMILES string of the molecule is CN1/C(=C\C=N\Nc2ccc(S(N)(=O)=O)cc2[N+](=O)[O-])C(C)(C)c2ccccc21. The third kappa shape index (κ3) is 3.84.